The van der Waals surface area contributed by atoms with Gasteiger partial charge in [-0.05, 0) is 58.4 Å². The number of halogens is 1. The van der Waals surface area contributed by atoms with Crippen molar-refractivity contribution >= 4 is 37.6 Å². The highest BCUT2D eigenvalue weighted by Crippen LogP contribution is 2.27. The van der Waals surface area contributed by atoms with Crippen molar-refractivity contribution in [2.75, 3.05) is 4.72 Å². The number of benzene rings is 2. The van der Waals surface area contributed by atoms with Crippen molar-refractivity contribution in [2.24, 2.45) is 0 Å². The van der Waals surface area contributed by atoms with Crippen LogP contribution in [-0.2, 0) is 10.0 Å². The van der Waals surface area contributed by atoms with Crippen molar-refractivity contribution in [3.63, 3.8) is 0 Å². The number of aromatic nitrogens is 1. The molecule has 0 unspecified atom stereocenters. The standard InChI is InChI=1S/C16H11BrN2O5S/c17-13-7-11(16(20)21)3-6-15(13)25(22,23)19-12-4-1-10(2-5-12)14-8-18-9-24-14/h1-9,19H,(H,20,21). The maximum Gasteiger partial charge on any atom is 0.335 e. The summed E-state index contributed by atoms with van der Waals surface area (Å²) in [5.74, 6) is -0.568. The van der Waals surface area contributed by atoms with Crippen LogP contribution in [0.1, 0.15) is 10.4 Å². The Labute approximate surface area is 151 Å². The molecule has 0 atom stereocenters. The number of aromatic carboxylic acids is 1. The van der Waals surface area contributed by atoms with Crippen molar-refractivity contribution in [3.05, 3.63) is 65.1 Å². The van der Waals surface area contributed by atoms with Gasteiger partial charge in [0.15, 0.2) is 12.2 Å². The summed E-state index contributed by atoms with van der Waals surface area (Å²) in [7, 11) is -3.88. The molecule has 3 aromatic rings. The van der Waals surface area contributed by atoms with Crippen LogP contribution in [0.5, 0.6) is 0 Å². The molecule has 0 aliphatic carbocycles. The second-order valence-electron chi connectivity index (χ2n) is 5.00. The quantitative estimate of drug-likeness (QED) is 0.649. The first kappa shape index (κ1) is 17.2. The predicted octanol–water partition coefficient (Wildman–Crippen LogP) is 3.60. The van der Waals surface area contributed by atoms with Gasteiger partial charge in [0.05, 0.1) is 11.8 Å². The zero-order chi connectivity index (χ0) is 18.0. The van der Waals surface area contributed by atoms with Crippen LogP contribution in [0.25, 0.3) is 11.3 Å². The number of oxazole rings is 1. The number of nitrogens with one attached hydrogen (secondary N) is 1. The van der Waals surface area contributed by atoms with Crippen LogP contribution < -0.4 is 4.72 Å². The van der Waals surface area contributed by atoms with Gasteiger partial charge in [0.1, 0.15) is 4.90 Å². The van der Waals surface area contributed by atoms with E-state index in [4.69, 9.17) is 9.52 Å². The van der Waals surface area contributed by atoms with Gasteiger partial charge >= 0.3 is 5.97 Å². The van der Waals surface area contributed by atoms with Gasteiger partial charge in [-0.25, -0.2) is 18.2 Å². The lowest BCUT2D eigenvalue weighted by atomic mass is 10.2. The lowest BCUT2D eigenvalue weighted by molar-refractivity contribution is 0.0696. The van der Waals surface area contributed by atoms with Gasteiger partial charge in [-0.15, -0.1) is 0 Å². The van der Waals surface area contributed by atoms with Crippen molar-refractivity contribution in [1.29, 1.82) is 0 Å². The fourth-order valence-electron chi connectivity index (χ4n) is 2.12. The minimum atomic E-state index is -3.88. The molecule has 2 N–H and O–H groups in total. The third kappa shape index (κ3) is 3.72. The van der Waals surface area contributed by atoms with Gasteiger partial charge in [-0.1, -0.05) is 0 Å². The monoisotopic (exact) mass is 422 g/mol. The largest absolute Gasteiger partial charge is 0.478 e. The number of anilines is 1. The van der Waals surface area contributed by atoms with Crippen LogP contribution in [0.15, 0.2) is 68.8 Å². The number of rotatable bonds is 5. The van der Waals surface area contributed by atoms with Gasteiger partial charge in [0.25, 0.3) is 10.0 Å². The van der Waals surface area contributed by atoms with E-state index in [0.717, 1.165) is 5.56 Å². The van der Waals surface area contributed by atoms with Crippen LogP contribution >= 0.6 is 15.9 Å². The summed E-state index contributed by atoms with van der Waals surface area (Å²) in [5, 5.41) is 8.94. The molecule has 0 amide bonds. The number of carbonyl (C=O) groups is 1. The number of sulfonamides is 1. The zero-order valence-electron chi connectivity index (χ0n) is 12.5. The molecule has 0 aliphatic heterocycles. The van der Waals surface area contributed by atoms with Gasteiger partial charge in [0.2, 0.25) is 0 Å². The molecule has 3 rings (SSSR count). The first-order valence-electron chi connectivity index (χ1n) is 6.91. The molecule has 0 bridgehead atoms. The summed E-state index contributed by atoms with van der Waals surface area (Å²) in [4.78, 5) is 14.7. The van der Waals surface area contributed by atoms with E-state index in [-0.39, 0.29) is 14.9 Å². The van der Waals surface area contributed by atoms with E-state index >= 15 is 0 Å². The first-order valence-corrected chi connectivity index (χ1v) is 9.19. The van der Waals surface area contributed by atoms with Crippen LogP contribution in [0.4, 0.5) is 5.69 Å². The molecule has 9 heteroatoms. The van der Waals surface area contributed by atoms with E-state index in [1.54, 1.807) is 30.5 Å². The number of hydrogen-bond donors (Lipinski definition) is 2. The number of carboxylic acid groups (broad SMARTS) is 1. The van der Waals surface area contributed by atoms with Gasteiger partial charge < -0.3 is 9.52 Å². The first-order chi connectivity index (χ1) is 11.9. The normalized spacial score (nSPS) is 11.2. The Morgan fingerprint density at radius 2 is 1.88 bits per heavy atom. The summed E-state index contributed by atoms with van der Waals surface area (Å²) in [6, 6.07) is 10.3. The van der Waals surface area contributed by atoms with Crippen LogP contribution in [0.2, 0.25) is 0 Å². The zero-order valence-corrected chi connectivity index (χ0v) is 14.9. The Hall–Kier alpha value is -2.65. The molecule has 0 saturated carbocycles. The van der Waals surface area contributed by atoms with Crippen LogP contribution in [0, 0.1) is 0 Å². The van der Waals surface area contributed by atoms with Crippen LogP contribution in [-0.4, -0.2) is 24.5 Å². The van der Waals surface area contributed by atoms with E-state index < -0.39 is 16.0 Å². The summed E-state index contributed by atoms with van der Waals surface area (Å²) in [6.45, 7) is 0. The number of hydrogen-bond acceptors (Lipinski definition) is 5. The van der Waals surface area contributed by atoms with Crippen molar-refractivity contribution in [1.82, 2.24) is 4.98 Å². The van der Waals surface area contributed by atoms with Crippen molar-refractivity contribution in [3.8, 4) is 11.3 Å². The maximum atomic E-state index is 12.5. The highest BCUT2D eigenvalue weighted by atomic mass is 79.9. The molecule has 0 radical (unpaired) electrons. The predicted molar refractivity (Wildman–Crippen MR) is 93.8 cm³/mol. The van der Waals surface area contributed by atoms with Crippen molar-refractivity contribution < 1.29 is 22.7 Å². The summed E-state index contributed by atoms with van der Waals surface area (Å²) in [5.41, 5.74) is 1.10. The number of nitrogens with zero attached hydrogens (tertiary/aromatic N) is 1. The Bertz CT molecular complexity index is 1020. The summed E-state index contributed by atoms with van der Waals surface area (Å²) < 4.78 is 32.8. The molecule has 2 aromatic carbocycles. The lowest BCUT2D eigenvalue weighted by Gasteiger charge is -2.10. The van der Waals surface area contributed by atoms with Crippen molar-refractivity contribution in [2.45, 2.75) is 4.90 Å². The minimum absolute atomic E-state index is 0.0118. The molecule has 1 aromatic heterocycles. The molecule has 0 saturated heterocycles. The lowest BCUT2D eigenvalue weighted by Crippen LogP contribution is -2.14. The Morgan fingerprint density at radius 1 is 1.16 bits per heavy atom. The number of carboxylic acids is 1. The Morgan fingerprint density at radius 3 is 2.44 bits per heavy atom. The fraction of sp³-hybridized carbons (Fsp3) is 0. The smallest absolute Gasteiger partial charge is 0.335 e. The van der Waals surface area contributed by atoms with E-state index in [0.29, 0.717) is 11.4 Å². The SMILES string of the molecule is O=C(O)c1ccc(S(=O)(=O)Nc2ccc(-c3cnco3)cc2)c(Br)c1. The molecule has 0 aliphatic rings. The van der Waals surface area contributed by atoms with Gasteiger partial charge in [-0.2, -0.15) is 0 Å². The van der Waals surface area contributed by atoms with E-state index in [1.807, 2.05) is 0 Å². The van der Waals surface area contributed by atoms with E-state index in [9.17, 15) is 13.2 Å². The summed E-state index contributed by atoms with van der Waals surface area (Å²) >= 11 is 3.10. The van der Waals surface area contributed by atoms with Crippen LogP contribution in [0.3, 0.4) is 0 Å². The van der Waals surface area contributed by atoms with E-state index in [1.165, 1.54) is 24.6 Å². The molecule has 25 heavy (non-hydrogen) atoms. The molecule has 7 nitrogen and oxygen atoms in total. The topological polar surface area (TPSA) is 110 Å². The molecule has 0 spiro atoms. The molecular weight excluding hydrogens is 412 g/mol. The third-order valence-corrected chi connectivity index (χ3v) is 5.68. The van der Waals surface area contributed by atoms with Gasteiger partial charge in [0, 0.05) is 15.7 Å². The van der Waals surface area contributed by atoms with Gasteiger partial charge in [-0.3, -0.25) is 4.72 Å². The molecule has 1 heterocycles. The average molecular weight is 423 g/mol. The average Bonchev–Trinajstić information content (AvgIpc) is 3.09. The maximum absolute atomic E-state index is 12.5. The molecule has 0 fully saturated rings. The second-order valence-corrected chi connectivity index (χ2v) is 7.50. The Balaban J connectivity index is 1.85. The fourth-order valence-corrected chi connectivity index (χ4v) is 4.26. The second kappa shape index (κ2) is 6.69. The minimum Gasteiger partial charge on any atom is -0.478 e. The highest BCUT2D eigenvalue weighted by molar-refractivity contribution is 9.10. The third-order valence-electron chi connectivity index (χ3n) is 3.32. The molecule has 128 valence electrons. The highest BCUT2D eigenvalue weighted by Gasteiger charge is 2.19. The summed E-state index contributed by atoms with van der Waals surface area (Å²) in [6.07, 6.45) is 2.87. The van der Waals surface area contributed by atoms with E-state index in [2.05, 4.69) is 25.6 Å². The molecular formula is C16H11BrN2O5S. The Kier molecular flexibility index (Phi) is 4.60.